The maximum absolute atomic E-state index is 12.5. The van der Waals surface area contributed by atoms with E-state index in [2.05, 4.69) is 17.4 Å². The summed E-state index contributed by atoms with van der Waals surface area (Å²) in [6.45, 7) is 4.39. The first-order chi connectivity index (χ1) is 15.3. The standard InChI is InChI=1S/C23H36N4O5/c1-15(2)26(3)23(31)32-27(20(10-12-28)22(29)30)19-13-16(14-19)6-8-18-9-7-17-5-4-11-24-21(17)25-18/h7,9,15-16,19-20,28H,4-6,8,10-14H2,1-3H3,(H,24,25)(H,29,30)/t16?,19?,20-/m0/s1. The Hall–Kier alpha value is -2.39. The van der Waals surface area contributed by atoms with Gasteiger partial charge in [0.05, 0.1) is 0 Å². The first-order valence-corrected chi connectivity index (χ1v) is 11.6. The fourth-order valence-corrected chi connectivity index (χ4v) is 4.24. The summed E-state index contributed by atoms with van der Waals surface area (Å²) in [6, 6.07) is 2.95. The Morgan fingerprint density at radius 1 is 1.31 bits per heavy atom. The summed E-state index contributed by atoms with van der Waals surface area (Å²) in [5.74, 6) is 0.313. The average molecular weight is 449 g/mol. The first kappa shape index (κ1) is 24.3. The highest BCUT2D eigenvalue weighted by Gasteiger charge is 2.42. The van der Waals surface area contributed by atoms with Gasteiger partial charge < -0.3 is 25.3 Å². The maximum atomic E-state index is 12.5. The summed E-state index contributed by atoms with van der Waals surface area (Å²) < 4.78 is 0. The van der Waals surface area contributed by atoms with E-state index in [0.717, 1.165) is 56.6 Å². The molecule has 3 N–H and O–H groups in total. The molecule has 9 heteroatoms. The summed E-state index contributed by atoms with van der Waals surface area (Å²) in [5.41, 5.74) is 2.34. The van der Waals surface area contributed by atoms with Crippen LogP contribution in [0.25, 0.3) is 0 Å². The summed E-state index contributed by atoms with van der Waals surface area (Å²) in [7, 11) is 1.62. The van der Waals surface area contributed by atoms with Crippen LogP contribution in [-0.4, -0.2) is 75.5 Å². The third kappa shape index (κ3) is 5.89. The number of carboxylic acid groups (broad SMARTS) is 1. The second-order valence-corrected chi connectivity index (χ2v) is 9.16. The van der Waals surface area contributed by atoms with Gasteiger partial charge in [0.2, 0.25) is 0 Å². The summed E-state index contributed by atoms with van der Waals surface area (Å²) >= 11 is 0. The Balaban J connectivity index is 1.57. The highest BCUT2D eigenvalue weighted by Crippen LogP contribution is 2.37. The molecule has 2 heterocycles. The number of nitrogens with one attached hydrogen (secondary N) is 1. The molecule has 1 amide bonds. The molecular weight excluding hydrogens is 412 g/mol. The summed E-state index contributed by atoms with van der Waals surface area (Å²) in [5, 5.41) is 23.6. The Labute approximate surface area is 189 Å². The van der Waals surface area contributed by atoms with E-state index in [1.807, 2.05) is 13.8 Å². The molecule has 1 atom stereocenters. The van der Waals surface area contributed by atoms with Crippen LogP contribution in [0, 0.1) is 5.92 Å². The van der Waals surface area contributed by atoms with Crippen molar-refractivity contribution in [2.45, 2.75) is 76.9 Å². The molecule has 1 aromatic heterocycles. The van der Waals surface area contributed by atoms with Crippen molar-refractivity contribution in [2.24, 2.45) is 5.92 Å². The van der Waals surface area contributed by atoms with Crippen molar-refractivity contribution in [2.75, 3.05) is 25.5 Å². The minimum Gasteiger partial charge on any atom is -0.480 e. The van der Waals surface area contributed by atoms with Crippen LogP contribution in [0.3, 0.4) is 0 Å². The first-order valence-electron chi connectivity index (χ1n) is 11.6. The minimum atomic E-state index is -1.10. The molecule has 0 radical (unpaired) electrons. The number of anilines is 1. The number of aromatic nitrogens is 1. The van der Waals surface area contributed by atoms with Gasteiger partial charge in [-0.1, -0.05) is 6.07 Å². The smallest absolute Gasteiger partial charge is 0.428 e. The normalized spacial score (nSPS) is 20.8. The van der Waals surface area contributed by atoms with Gasteiger partial charge in [-0.15, -0.1) is 5.06 Å². The Morgan fingerprint density at radius 3 is 2.72 bits per heavy atom. The molecule has 1 aliphatic heterocycles. The highest BCUT2D eigenvalue weighted by atomic mass is 16.7. The van der Waals surface area contributed by atoms with Crippen LogP contribution in [0.15, 0.2) is 12.1 Å². The minimum absolute atomic E-state index is 0.00121. The molecule has 0 spiro atoms. The molecule has 0 saturated heterocycles. The monoisotopic (exact) mass is 448 g/mol. The number of hydroxylamine groups is 2. The SMILES string of the molecule is CC(C)N(C)C(=O)ON(C1CC(CCc2ccc3c(n2)NCCC3)C1)[C@@H](CCO)C(=O)O. The lowest BCUT2D eigenvalue weighted by atomic mass is 9.76. The number of aryl methyl sites for hydroxylation is 2. The van der Waals surface area contributed by atoms with Crippen molar-refractivity contribution in [1.29, 1.82) is 0 Å². The fourth-order valence-electron chi connectivity index (χ4n) is 4.24. The Bertz CT molecular complexity index is 797. The van der Waals surface area contributed by atoms with E-state index < -0.39 is 18.1 Å². The van der Waals surface area contributed by atoms with Gasteiger partial charge in [0.15, 0.2) is 0 Å². The summed E-state index contributed by atoms with van der Waals surface area (Å²) in [6.07, 6.45) is 4.93. The molecule has 0 bridgehead atoms. The van der Waals surface area contributed by atoms with E-state index in [0.29, 0.717) is 5.92 Å². The molecule has 9 nitrogen and oxygen atoms in total. The molecule has 32 heavy (non-hydrogen) atoms. The van der Waals surface area contributed by atoms with Crippen LogP contribution >= 0.6 is 0 Å². The number of pyridine rings is 1. The number of aliphatic carboxylic acids is 1. The number of amides is 1. The number of carboxylic acids is 1. The van der Waals surface area contributed by atoms with Gasteiger partial charge in [-0.05, 0) is 76.3 Å². The van der Waals surface area contributed by atoms with E-state index in [4.69, 9.17) is 9.82 Å². The Kier molecular flexibility index (Phi) is 8.31. The number of hydrogen-bond donors (Lipinski definition) is 3. The van der Waals surface area contributed by atoms with E-state index in [1.165, 1.54) is 15.5 Å². The molecule has 0 unspecified atom stereocenters. The van der Waals surface area contributed by atoms with Gasteiger partial charge in [-0.2, -0.15) is 0 Å². The topological polar surface area (TPSA) is 115 Å². The van der Waals surface area contributed by atoms with E-state index >= 15 is 0 Å². The van der Waals surface area contributed by atoms with Crippen LogP contribution in [0.1, 0.15) is 57.2 Å². The quantitative estimate of drug-likeness (QED) is 0.468. The van der Waals surface area contributed by atoms with Crippen LogP contribution < -0.4 is 5.32 Å². The number of fused-ring (bicyclic) bond motifs is 1. The summed E-state index contributed by atoms with van der Waals surface area (Å²) in [4.78, 5) is 36.0. The van der Waals surface area contributed by atoms with Gasteiger partial charge in [-0.25, -0.2) is 9.78 Å². The van der Waals surface area contributed by atoms with E-state index in [1.54, 1.807) is 7.05 Å². The fraction of sp³-hybridized carbons (Fsp3) is 0.696. The molecule has 3 rings (SSSR count). The second-order valence-electron chi connectivity index (χ2n) is 9.16. The van der Waals surface area contributed by atoms with Crippen LogP contribution in [0.4, 0.5) is 10.6 Å². The molecule has 1 aliphatic carbocycles. The average Bonchev–Trinajstić information content (AvgIpc) is 2.74. The molecule has 1 saturated carbocycles. The zero-order chi connectivity index (χ0) is 23.3. The van der Waals surface area contributed by atoms with E-state index in [9.17, 15) is 19.8 Å². The highest BCUT2D eigenvalue weighted by molar-refractivity contribution is 5.74. The molecular formula is C23H36N4O5. The van der Waals surface area contributed by atoms with Gasteiger partial charge in [0.25, 0.3) is 0 Å². The number of carbonyl (C=O) groups is 2. The maximum Gasteiger partial charge on any atom is 0.428 e. The van der Waals surface area contributed by atoms with Gasteiger partial charge in [0.1, 0.15) is 11.9 Å². The second kappa shape index (κ2) is 11.0. The lowest BCUT2D eigenvalue weighted by Gasteiger charge is -2.44. The molecule has 1 aromatic rings. The predicted molar refractivity (Wildman–Crippen MR) is 120 cm³/mol. The van der Waals surface area contributed by atoms with Crippen molar-refractivity contribution in [3.63, 3.8) is 0 Å². The number of nitrogens with zero attached hydrogens (tertiary/aromatic N) is 3. The molecule has 178 valence electrons. The van der Waals surface area contributed by atoms with Gasteiger partial charge >= 0.3 is 12.1 Å². The largest absolute Gasteiger partial charge is 0.480 e. The lowest BCUT2D eigenvalue weighted by Crippen LogP contribution is -2.55. The van der Waals surface area contributed by atoms with Crippen molar-refractivity contribution in [3.8, 4) is 0 Å². The number of rotatable bonds is 10. The van der Waals surface area contributed by atoms with Crippen molar-refractivity contribution in [1.82, 2.24) is 14.9 Å². The molecule has 2 aliphatic rings. The van der Waals surface area contributed by atoms with Crippen molar-refractivity contribution >= 4 is 17.9 Å². The van der Waals surface area contributed by atoms with Gasteiger partial charge in [0, 0.05) is 38.0 Å². The number of aliphatic hydroxyl groups is 1. The van der Waals surface area contributed by atoms with Crippen LogP contribution in [0.5, 0.6) is 0 Å². The number of carbonyl (C=O) groups excluding carboxylic acids is 1. The number of hydrogen-bond acceptors (Lipinski definition) is 7. The zero-order valence-corrected chi connectivity index (χ0v) is 19.3. The molecule has 1 fully saturated rings. The zero-order valence-electron chi connectivity index (χ0n) is 19.3. The molecule has 0 aromatic carbocycles. The van der Waals surface area contributed by atoms with E-state index in [-0.39, 0.29) is 25.1 Å². The van der Waals surface area contributed by atoms with Crippen molar-refractivity contribution in [3.05, 3.63) is 23.4 Å². The number of aliphatic hydroxyl groups excluding tert-OH is 1. The van der Waals surface area contributed by atoms with Crippen LogP contribution in [-0.2, 0) is 22.5 Å². The van der Waals surface area contributed by atoms with Crippen LogP contribution in [0.2, 0.25) is 0 Å². The third-order valence-corrected chi connectivity index (χ3v) is 6.57. The van der Waals surface area contributed by atoms with Gasteiger partial charge in [-0.3, -0.25) is 4.79 Å². The predicted octanol–water partition coefficient (Wildman–Crippen LogP) is 2.68. The van der Waals surface area contributed by atoms with Crippen molar-refractivity contribution < 1.29 is 24.6 Å². The Morgan fingerprint density at radius 2 is 2.06 bits per heavy atom. The lowest BCUT2D eigenvalue weighted by molar-refractivity contribution is -0.207. The third-order valence-electron chi connectivity index (χ3n) is 6.57.